The van der Waals surface area contributed by atoms with Gasteiger partial charge in [0.2, 0.25) is 10.0 Å². The van der Waals surface area contributed by atoms with Gasteiger partial charge < -0.3 is 4.98 Å². The molecule has 0 radical (unpaired) electrons. The summed E-state index contributed by atoms with van der Waals surface area (Å²) in [7, 11) is -3.88. The van der Waals surface area contributed by atoms with Gasteiger partial charge in [-0.05, 0) is 78.4 Å². The van der Waals surface area contributed by atoms with Gasteiger partial charge in [-0.25, -0.2) is 8.42 Å². The second-order valence-corrected chi connectivity index (χ2v) is 10.2. The average molecular weight is 467 g/mol. The predicted octanol–water partition coefficient (Wildman–Crippen LogP) is 5.19. The van der Waals surface area contributed by atoms with Crippen molar-refractivity contribution in [3.05, 3.63) is 110 Å². The molecule has 1 heterocycles. The zero-order valence-electron chi connectivity index (χ0n) is 17.8. The number of H-pyrrole nitrogens is 1. The molecule has 1 aromatic heterocycles. The molecule has 0 aliphatic rings. The summed E-state index contributed by atoms with van der Waals surface area (Å²) in [6.45, 7) is 4.07. The van der Waals surface area contributed by atoms with Gasteiger partial charge in [0.25, 0.3) is 5.56 Å². The Hall–Kier alpha value is -2.93. The number of nitrogens with one attached hydrogen (secondary N) is 1. The molecule has 4 aromatic rings. The third kappa shape index (κ3) is 4.63. The molecule has 0 amide bonds. The van der Waals surface area contributed by atoms with Crippen LogP contribution < -0.4 is 5.56 Å². The van der Waals surface area contributed by atoms with E-state index in [-0.39, 0.29) is 23.5 Å². The normalized spacial score (nSPS) is 11.9. The molecule has 0 aliphatic heterocycles. The molecule has 32 heavy (non-hydrogen) atoms. The Bertz CT molecular complexity index is 1430. The maximum absolute atomic E-state index is 13.5. The number of rotatable bonds is 6. The van der Waals surface area contributed by atoms with Crippen LogP contribution in [0, 0.1) is 13.8 Å². The molecule has 0 spiro atoms. The summed E-state index contributed by atoms with van der Waals surface area (Å²) in [5, 5.41) is 1.32. The number of fused-ring (bicyclic) bond motifs is 1. The number of halogens is 1. The molecule has 1 N–H and O–H groups in total. The minimum Gasteiger partial charge on any atom is -0.322 e. The van der Waals surface area contributed by atoms with Crippen LogP contribution in [0.2, 0.25) is 5.02 Å². The van der Waals surface area contributed by atoms with E-state index in [1.807, 2.05) is 56.3 Å². The van der Waals surface area contributed by atoms with Crippen LogP contribution in [0.4, 0.5) is 0 Å². The average Bonchev–Trinajstić information content (AvgIpc) is 2.76. The van der Waals surface area contributed by atoms with Crippen molar-refractivity contribution in [2.45, 2.75) is 31.8 Å². The van der Waals surface area contributed by atoms with Gasteiger partial charge in [0.1, 0.15) is 0 Å². The summed E-state index contributed by atoms with van der Waals surface area (Å²) in [5.74, 6) is 0. The highest BCUT2D eigenvalue weighted by molar-refractivity contribution is 7.89. The summed E-state index contributed by atoms with van der Waals surface area (Å²) in [6.07, 6.45) is 0. The first-order valence-corrected chi connectivity index (χ1v) is 12.0. The van der Waals surface area contributed by atoms with Crippen LogP contribution in [0.5, 0.6) is 0 Å². The number of benzene rings is 3. The van der Waals surface area contributed by atoms with Crippen LogP contribution >= 0.6 is 11.6 Å². The molecule has 0 aliphatic carbocycles. The number of aryl methyl sites for hydroxylation is 2. The molecule has 7 heteroatoms. The van der Waals surface area contributed by atoms with E-state index in [0.29, 0.717) is 10.6 Å². The number of aromatic nitrogens is 1. The molecule has 4 rings (SSSR count). The first kappa shape index (κ1) is 22.3. The Kier molecular flexibility index (Phi) is 6.20. The molecular weight excluding hydrogens is 444 g/mol. The van der Waals surface area contributed by atoms with Crippen LogP contribution in [0.1, 0.15) is 22.3 Å². The third-order valence-corrected chi connectivity index (χ3v) is 7.59. The smallest absolute Gasteiger partial charge is 0.252 e. The van der Waals surface area contributed by atoms with E-state index < -0.39 is 10.0 Å². The van der Waals surface area contributed by atoms with Crippen LogP contribution in [0.3, 0.4) is 0 Å². The summed E-state index contributed by atoms with van der Waals surface area (Å²) in [6, 6.07) is 21.1. The van der Waals surface area contributed by atoms with Crippen molar-refractivity contribution < 1.29 is 8.42 Å². The van der Waals surface area contributed by atoms with Gasteiger partial charge in [0.05, 0.1) is 4.90 Å². The van der Waals surface area contributed by atoms with E-state index >= 15 is 0 Å². The van der Waals surface area contributed by atoms with Crippen molar-refractivity contribution in [2.75, 3.05) is 0 Å². The number of hydrogen-bond donors (Lipinski definition) is 1. The fraction of sp³-hybridized carbons (Fsp3) is 0.160. The van der Waals surface area contributed by atoms with Gasteiger partial charge in [-0.1, -0.05) is 41.9 Å². The minimum atomic E-state index is -3.88. The zero-order chi connectivity index (χ0) is 22.9. The maximum atomic E-state index is 13.5. The Balaban J connectivity index is 1.78. The fourth-order valence-electron chi connectivity index (χ4n) is 3.60. The van der Waals surface area contributed by atoms with Crippen molar-refractivity contribution >= 4 is 32.5 Å². The van der Waals surface area contributed by atoms with Crippen molar-refractivity contribution in [3.63, 3.8) is 0 Å². The Morgan fingerprint density at radius 2 is 1.53 bits per heavy atom. The van der Waals surface area contributed by atoms with E-state index in [4.69, 9.17) is 11.6 Å². The lowest BCUT2D eigenvalue weighted by atomic mass is 10.0. The van der Waals surface area contributed by atoms with Crippen molar-refractivity contribution in [3.8, 4) is 0 Å². The minimum absolute atomic E-state index is 0.0575. The molecule has 0 saturated heterocycles. The van der Waals surface area contributed by atoms with Gasteiger partial charge in [-0.2, -0.15) is 4.31 Å². The predicted molar refractivity (Wildman–Crippen MR) is 128 cm³/mol. The molecule has 0 saturated carbocycles. The van der Waals surface area contributed by atoms with Gasteiger partial charge >= 0.3 is 0 Å². The summed E-state index contributed by atoms with van der Waals surface area (Å²) in [4.78, 5) is 15.9. The highest BCUT2D eigenvalue weighted by Gasteiger charge is 2.26. The second-order valence-electron chi connectivity index (χ2n) is 7.86. The van der Waals surface area contributed by atoms with E-state index in [1.165, 1.54) is 16.4 Å². The highest BCUT2D eigenvalue weighted by atomic mass is 35.5. The van der Waals surface area contributed by atoms with Crippen molar-refractivity contribution in [1.82, 2.24) is 9.29 Å². The van der Waals surface area contributed by atoms with E-state index in [2.05, 4.69) is 4.98 Å². The number of aromatic amines is 1. The first-order valence-electron chi connectivity index (χ1n) is 10.2. The lowest BCUT2D eigenvalue weighted by Gasteiger charge is -2.22. The van der Waals surface area contributed by atoms with Gasteiger partial charge in [-0.3, -0.25) is 4.79 Å². The molecular formula is C25H23ClN2O3S. The maximum Gasteiger partial charge on any atom is 0.252 e. The third-order valence-electron chi connectivity index (χ3n) is 5.54. The summed E-state index contributed by atoms with van der Waals surface area (Å²) >= 11 is 5.95. The topological polar surface area (TPSA) is 70.2 Å². The molecule has 0 atom stereocenters. The largest absolute Gasteiger partial charge is 0.322 e. The van der Waals surface area contributed by atoms with Gasteiger partial charge in [0.15, 0.2) is 0 Å². The van der Waals surface area contributed by atoms with E-state index in [9.17, 15) is 13.2 Å². The molecule has 164 valence electrons. The van der Waals surface area contributed by atoms with Crippen molar-refractivity contribution in [1.29, 1.82) is 0 Å². The van der Waals surface area contributed by atoms with Crippen LogP contribution in [0.25, 0.3) is 10.9 Å². The SMILES string of the molecule is Cc1cc2cc(CN(Cc3ccccc3)S(=O)(=O)c3ccc(Cl)cc3)c(=O)[nH]c2cc1C. The van der Waals surface area contributed by atoms with Crippen LogP contribution in [-0.4, -0.2) is 17.7 Å². The Labute approximate surface area is 192 Å². The van der Waals surface area contributed by atoms with Gasteiger partial charge in [0, 0.05) is 29.2 Å². The van der Waals surface area contributed by atoms with Gasteiger partial charge in [-0.15, -0.1) is 0 Å². The lowest BCUT2D eigenvalue weighted by molar-refractivity contribution is 0.400. The molecule has 3 aromatic carbocycles. The Morgan fingerprint density at radius 3 is 2.22 bits per heavy atom. The molecule has 0 unspecified atom stereocenters. The zero-order valence-corrected chi connectivity index (χ0v) is 19.4. The number of nitrogens with zero attached hydrogens (tertiary/aromatic N) is 1. The molecule has 0 fully saturated rings. The second kappa shape index (κ2) is 8.90. The molecule has 0 bridgehead atoms. The first-order chi connectivity index (χ1) is 15.2. The van der Waals surface area contributed by atoms with Crippen molar-refractivity contribution in [2.24, 2.45) is 0 Å². The van der Waals surface area contributed by atoms with E-state index in [1.54, 1.807) is 18.2 Å². The number of hydrogen-bond acceptors (Lipinski definition) is 3. The monoisotopic (exact) mass is 466 g/mol. The highest BCUT2D eigenvalue weighted by Crippen LogP contribution is 2.23. The fourth-order valence-corrected chi connectivity index (χ4v) is 5.13. The standard InChI is InChI=1S/C25H23ClN2O3S/c1-17-12-20-14-21(25(29)27-24(20)13-18(17)2)16-28(15-19-6-4-3-5-7-19)32(30,31)23-10-8-22(26)9-11-23/h3-14H,15-16H2,1-2H3,(H,27,29). The quantitative estimate of drug-likeness (QED) is 0.425. The number of pyridine rings is 1. The molecule has 5 nitrogen and oxygen atoms in total. The lowest BCUT2D eigenvalue weighted by Crippen LogP contribution is -2.32. The van der Waals surface area contributed by atoms with E-state index in [0.717, 1.165) is 27.6 Å². The van der Waals surface area contributed by atoms with Crippen LogP contribution in [-0.2, 0) is 23.1 Å². The number of sulfonamides is 1. The summed E-state index contributed by atoms with van der Waals surface area (Å²) in [5.41, 5.74) is 3.83. The summed E-state index contributed by atoms with van der Waals surface area (Å²) < 4.78 is 28.3. The Morgan fingerprint density at radius 1 is 0.875 bits per heavy atom. The van der Waals surface area contributed by atoms with Crippen LogP contribution in [0.15, 0.2) is 82.5 Å².